The van der Waals surface area contributed by atoms with Crippen LogP contribution < -0.4 is 5.73 Å². The predicted octanol–water partition coefficient (Wildman–Crippen LogP) is 1.35. The lowest BCUT2D eigenvalue weighted by Gasteiger charge is -2.09. The summed E-state index contributed by atoms with van der Waals surface area (Å²) in [5.74, 6) is 0. The van der Waals surface area contributed by atoms with Crippen molar-refractivity contribution in [2.45, 2.75) is 25.1 Å². The Morgan fingerprint density at radius 2 is 2.06 bits per heavy atom. The number of aliphatic hydroxyl groups is 1. The fourth-order valence-corrected chi connectivity index (χ4v) is 1.20. The number of rotatable bonds is 4. The number of aromatic nitrogens is 1. The van der Waals surface area contributed by atoms with E-state index in [-0.39, 0.29) is 6.61 Å². The zero-order valence-corrected chi connectivity index (χ0v) is 8.54. The predicted molar refractivity (Wildman–Crippen MR) is 52.6 cm³/mol. The summed E-state index contributed by atoms with van der Waals surface area (Å²) < 4.78 is 36.9. The van der Waals surface area contributed by atoms with Crippen LogP contribution in [-0.2, 0) is 12.6 Å². The fraction of sp³-hybridized carbons (Fsp3) is 0.500. The zero-order chi connectivity index (χ0) is 12.2. The first-order chi connectivity index (χ1) is 7.43. The van der Waals surface area contributed by atoms with Gasteiger partial charge in [0.25, 0.3) is 0 Å². The molecule has 0 saturated heterocycles. The SMILES string of the molecule is NC(CO)CCc1cccc(C(F)(F)F)n1. The molecule has 0 aliphatic carbocycles. The summed E-state index contributed by atoms with van der Waals surface area (Å²) in [5.41, 5.74) is 4.88. The van der Waals surface area contributed by atoms with Gasteiger partial charge in [-0.25, -0.2) is 4.98 Å². The molecule has 0 aliphatic heterocycles. The highest BCUT2D eigenvalue weighted by Gasteiger charge is 2.32. The van der Waals surface area contributed by atoms with Crippen molar-refractivity contribution in [3.05, 3.63) is 29.6 Å². The number of hydrogen-bond donors (Lipinski definition) is 2. The van der Waals surface area contributed by atoms with Crippen LogP contribution >= 0.6 is 0 Å². The highest BCUT2D eigenvalue weighted by Crippen LogP contribution is 2.27. The van der Waals surface area contributed by atoms with Gasteiger partial charge in [0.2, 0.25) is 0 Å². The topological polar surface area (TPSA) is 59.1 Å². The number of hydrogen-bond acceptors (Lipinski definition) is 3. The van der Waals surface area contributed by atoms with Crippen LogP contribution in [0.25, 0.3) is 0 Å². The number of nitrogens with two attached hydrogens (primary N) is 1. The van der Waals surface area contributed by atoms with E-state index in [0.717, 1.165) is 6.07 Å². The van der Waals surface area contributed by atoms with Crippen molar-refractivity contribution in [1.82, 2.24) is 4.98 Å². The molecule has 1 unspecified atom stereocenters. The van der Waals surface area contributed by atoms with E-state index in [1.54, 1.807) is 0 Å². The second kappa shape index (κ2) is 5.27. The van der Waals surface area contributed by atoms with Crippen LogP contribution in [0.5, 0.6) is 0 Å². The molecule has 0 spiro atoms. The summed E-state index contributed by atoms with van der Waals surface area (Å²) in [7, 11) is 0. The normalized spacial score (nSPS) is 13.8. The minimum absolute atomic E-state index is 0.182. The summed E-state index contributed by atoms with van der Waals surface area (Å²) in [6.07, 6.45) is -3.69. The minimum Gasteiger partial charge on any atom is -0.395 e. The van der Waals surface area contributed by atoms with Gasteiger partial charge in [-0.05, 0) is 25.0 Å². The van der Waals surface area contributed by atoms with Crippen molar-refractivity contribution in [3.63, 3.8) is 0 Å². The van der Waals surface area contributed by atoms with Gasteiger partial charge in [0.1, 0.15) is 5.69 Å². The first-order valence-electron chi connectivity index (χ1n) is 4.83. The van der Waals surface area contributed by atoms with Crippen molar-refractivity contribution in [3.8, 4) is 0 Å². The van der Waals surface area contributed by atoms with E-state index in [1.165, 1.54) is 12.1 Å². The molecule has 1 rings (SSSR count). The Labute approximate surface area is 91.1 Å². The Balaban J connectivity index is 2.68. The van der Waals surface area contributed by atoms with Crippen molar-refractivity contribution >= 4 is 0 Å². The molecule has 1 aromatic heterocycles. The largest absolute Gasteiger partial charge is 0.433 e. The molecule has 0 fully saturated rings. The van der Waals surface area contributed by atoms with E-state index in [4.69, 9.17) is 10.8 Å². The van der Waals surface area contributed by atoms with E-state index in [0.29, 0.717) is 18.5 Å². The smallest absolute Gasteiger partial charge is 0.395 e. The van der Waals surface area contributed by atoms with Gasteiger partial charge in [0.05, 0.1) is 6.61 Å². The molecule has 3 nitrogen and oxygen atoms in total. The molecule has 1 heterocycles. The Bertz CT molecular complexity index is 341. The maximum Gasteiger partial charge on any atom is 0.433 e. The monoisotopic (exact) mass is 234 g/mol. The third kappa shape index (κ3) is 3.79. The highest BCUT2D eigenvalue weighted by molar-refractivity contribution is 5.13. The summed E-state index contributed by atoms with van der Waals surface area (Å²) in [5, 5.41) is 8.67. The third-order valence-electron chi connectivity index (χ3n) is 2.10. The fourth-order valence-electron chi connectivity index (χ4n) is 1.20. The molecule has 3 N–H and O–H groups in total. The molecule has 90 valence electrons. The Kier molecular flexibility index (Phi) is 4.26. The van der Waals surface area contributed by atoms with Crippen LogP contribution in [0.2, 0.25) is 0 Å². The second-order valence-electron chi connectivity index (χ2n) is 3.49. The van der Waals surface area contributed by atoms with Crippen molar-refractivity contribution < 1.29 is 18.3 Å². The van der Waals surface area contributed by atoms with Crippen LogP contribution in [0.15, 0.2) is 18.2 Å². The van der Waals surface area contributed by atoms with E-state index in [1.807, 2.05) is 0 Å². The first kappa shape index (κ1) is 12.9. The van der Waals surface area contributed by atoms with Crippen LogP contribution in [0.4, 0.5) is 13.2 Å². The lowest BCUT2D eigenvalue weighted by molar-refractivity contribution is -0.141. The number of aryl methyl sites for hydroxylation is 1. The van der Waals surface area contributed by atoms with Crippen molar-refractivity contribution in [2.24, 2.45) is 5.73 Å². The van der Waals surface area contributed by atoms with E-state index >= 15 is 0 Å². The number of pyridine rings is 1. The summed E-state index contributed by atoms with van der Waals surface area (Å²) in [6.45, 7) is -0.182. The molecule has 0 bridgehead atoms. The second-order valence-corrected chi connectivity index (χ2v) is 3.49. The van der Waals surface area contributed by atoms with Crippen LogP contribution in [-0.4, -0.2) is 22.7 Å². The summed E-state index contributed by atoms with van der Waals surface area (Å²) in [6, 6.07) is 3.33. The van der Waals surface area contributed by atoms with Gasteiger partial charge in [0.15, 0.2) is 0 Å². The lowest BCUT2D eigenvalue weighted by Crippen LogP contribution is -2.25. The maximum atomic E-state index is 12.3. The number of aliphatic hydroxyl groups excluding tert-OH is 1. The molecular weight excluding hydrogens is 221 g/mol. The molecule has 0 radical (unpaired) electrons. The van der Waals surface area contributed by atoms with E-state index in [2.05, 4.69) is 4.98 Å². The van der Waals surface area contributed by atoms with Crippen LogP contribution in [0.1, 0.15) is 17.8 Å². The maximum absolute atomic E-state index is 12.3. The zero-order valence-electron chi connectivity index (χ0n) is 8.54. The first-order valence-corrected chi connectivity index (χ1v) is 4.83. The molecule has 0 aromatic carbocycles. The lowest BCUT2D eigenvalue weighted by atomic mass is 10.1. The van der Waals surface area contributed by atoms with Crippen LogP contribution in [0, 0.1) is 0 Å². The van der Waals surface area contributed by atoms with Crippen molar-refractivity contribution in [2.75, 3.05) is 6.61 Å². The van der Waals surface area contributed by atoms with Gasteiger partial charge in [-0.1, -0.05) is 6.07 Å². The van der Waals surface area contributed by atoms with Crippen LogP contribution in [0.3, 0.4) is 0 Å². The van der Waals surface area contributed by atoms with Gasteiger partial charge in [-0.2, -0.15) is 13.2 Å². The Hall–Kier alpha value is -1.14. The standard InChI is InChI=1S/C10H13F3N2O/c11-10(12,13)9-3-1-2-8(15-9)5-4-7(14)6-16/h1-3,7,16H,4-6,14H2. The number of nitrogens with zero attached hydrogens (tertiary/aromatic N) is 1. The molecule has 0 saturated carbocycles. The summed E-state index contributed by atoms with van der Waals surface area (Å²) >= 11 is 0. The average Bonchev–Trinajstić information content (AvgIpc) is 2.25. The molecule has 1 aromatic rings. The van der Waals surface area contributed by atoms with Gasteiger partial charge in [0, 0.05) is 11.7 Å². The van der Waals surface area contributed by atoms with Gasteiger partial charge >= 0.3 is 6.18 Å². The minimum atomic E-state index is -4.42. The Morgan fingerprint density at radius 1 is 1.38 bits per heavy atom. The molecular formula is C10H13F3N2O. The summed E-state index contributed by atoms with van der Waals surface area (Å²) in [4.78, 5) is 3.49. The third-order valence-corrected chi connectivity index (χ3v) is 2.10. The Morgan fingerprint density at radius 3 is 2.62 bits per heavy atom. The quantitative estimate of drug-likeness (QED) is 0.826. The average molecular weight is 234 g/mol. The molecule has 16 heavy (non-hydrogen) atoms. The number of alkyl halides is 3. The van der Waals surface area contributed by atoms with E-state index < -0.39 is 17.9 Å². The molecule has 0 amide bonds. The van der Waals surface area contributed by atoms with Gasteiger partial charge in [-0.15, -0.1) is 0 Å². The highest BCUT2D eigenvalue weighted by atomic mass is 19.4. The van der Waals surface area contributed by atoms with Gasteiger partial charge < -0.3 is 10.8 Å². The number of halogens is 3. The molecule has 6 heteroatoms. The van der Waals surface area contributed by atoms with E-state index in [9.17, 15) is 13.2 Å². The molecule has 1 atom stereocenters. The molecule has 0 aliphatic rings. The van der Waals surface area contributed by atoms with Gasteiger partial charge in [-0.3, -0.25) is 0 Å². The van der Waals surface area contributed by atoms with Crippen molar-refractivity contribution in [1.29, 1.82) is 0 Å².